The van der Waals surface area contributed by atoms with Crippen molar-refractivity contribution in [2.75, 3.05) is 0 Å². The molecule has 0 aliphatic rings. The lowest BCUT2D eigenvalue weighted by Gasteiger charge is -2.09. The molecule has 0 N–H and O–H groups in total. The molecule has 4 nitrogen and oxygen atoms in total. The summed E-state index contributed by atoms with van der Waals surface area (Å²) in [4.78, 5) is 10.4. The highest BCUT2D eigenvalue weighted by molar-refractivity contribution is 6.17. The first-order valence-corrected chi connectivity index (χ1v) is 6.22. The molecule has 0 heterocycles. The van der Waals surface area contributed by atoms with E-state index in [2.05, 4.69) is 0 Å². The highest BCUT2D eigenvalue weighted by Crippen LogP contribution is 2.31. The molecule has 0 aliphatic heterocycles. The van der Waals surface area contributed by atoms with Gasteiger partial charge < -0.3 is 4.74 Å². The third kappa shape index (κ3) is 3.03. The summed E-state index contributed by atoms with van der Waals surface area (Å²) in [5, 5.41) is 10.9. The van der Waals surface area contributed by atoms with Gasteiger partial charge in [0.1, 0.15) is 11.5 Å². The van der Waals surface area contributed by atoms with Crippen molar-refractivity contribution in [3.05, 3.63) is 63.7 Å². The van der Waals surface area contributed by atoms with Gasteiger partial charge in [0.25, 0.3) is 5.69 Å². The van der Waals surface area contributed by atoms with Crippen molar-refractivity contribution in [3.63, 3.8) is 0 Å². The Bertz CT molecular complexity index is 613. The number of ether oxygens (including phenoxy) is 1. The van der Waals surface area contributed by atoms with Crippen LogP contribution in [0.25, 0.3) is 0 Å². The third-order valence-corrected chi connectivity index (χ3v) is 3.04. The van der Waals surface area contributed by atoms with E-state index in [1.54, 1.807) is 25.1 Å². The molecule has 0 amide bonds. The zero-order valence-corrected chi connectivity index (χ0v) is 11.1. The maximum absolute atomic E-state index is 10.9. The Morgan fingerprint density at radius 1 is 1.26 bits per heavy atom. The van der Waals surface area contributed by atoms with Gasteiger partial charge in [0, 0.05) is 11.9 Å². The van der Waals surface area contributed by atoms with E-state index in [-0.39, 0.29) is 5.69 Å². The molecule has 0 unspecified atom stereocenters. The topological polar surface area (TPSA) is 52.4 Å². The van der Waals surface area contributed by atoms with Gasteiger partial charge in [0.15, 0.2) is 0 Å². The number of nitro groups is 1. The predicted octanol–water partition coefficient (Wildman–Crippen LogP) is 4.43. The maximum atomic E-state index is 10.9. The van der Waals surface area contributed by atoms with Crippen molar-refractivity contribution in [2.45, 2.75) is 12.8 Å². The molecule has 0 saturated carbocycles. The Balaban J connectivity index is 2.33. The van der Waals surface area contributed by atoms with Crippen LogP contribution in [-0.4, -0.2) is 4.92 Å². The molecule has 0 saturated heterocycles. The maximum Gasteiger partial charge on any atom is 0.276 e. The third-order valence-electron chi connectivity index (χ3n) is 2.73. The molecule has 0 spiro atoms. The van der Waals surface area contributed by atoms with Crippen LogP contribution in [0.3, 0.4) is 0 Å². The van der Waals surface area contributed by atoms with Gasteiger partial charge in [-0.1, -0.05) is 18.2 Å². The fraction of sp³-hybridized carbons (Fsp3) is 0.143. The van der Waals surface area contributed by atoms with Crippen LogP contribution in [0.5, 0.6) is 11.5 Å². The van der Waals surface area contributed by atoms with Gasteiger partial charge in [-0.05, 0) is 30.7 Å². The molecule has 2 rings (SSSR count). The van der Waals surface area contributed by atoms with E-state index in [0.717, 1.165) is 5.56 Å². The average molecular weight is 278 g/mol. The predicted molar refractivity (Wildman–Crippen MR) is 73.9 cm³/mol. The summed E-state index contributed by atoms with van der Waals surface area (Å²) in [6.07, 6.45) is 0. The van der Waals surface area contributed by atoms with Gasteiger partial charge in [-0.15, -0.1) is 11.6 Å². The SMILES string of the molecule is Cc1c(Oc2cccc(CCl)c2)cccc1[N+](=O)[O-]. The first-order chi connectivity index (χ1) is 9.11. The molecule has 98 valence electrons. The molecule has 19 heavy (non-hydrogen) atoms. The van der Waals surface area contributed by atoms with Crippen LogP contribution in [0.2, 0.25) is 0 Å². The number of benzene rings is 2. The summed E-state index contributed by atoms with van der Waals surface area (Å²) < 4.78 is 5.68. The molecule has 2 aromatic carbocycles. The molecule has 0 aromatic heterocycles. The summed E-state index contributed by atoms with van der Waals surface area (Å²) in [5.74, 6) is 1.48. The van der Waals surface area contributed by atoms with E-state index < -0.39 is 4.92 Å². The molecule has 2 aromatic rings. The van der Waals surface area contributed by atoms with Crippen LogP contribution in [-0.2, 0) is 5.88 Å². The molecule has 0 bridgehead atoms. The lowest BCUT2D eigenvalue weighted by Crippen LogP contribution is -1.94. The molecule has 5 heteroatoms. The first-order valence-electron chi connectivity index (χ1n) is 5.68. The fourth-order valence-electron chi connectivity index (χ4n) is 1.73. The fourth-order valence-corrected chi connectivity index (χ4v) is 1.90. The van der Waals surface area contributed by atoms with Crippen LogP contribution >= 0.6 is 11.6 Å². The van der Waals surface area contributed by atoms with Crippen molar-refractivity contribution in [1.82, 2.24) is 0 Å². The number of nitro benzene ring substituents is 1. The number of hydrogen-bond acceptors (Lipinski definition) is 3. The van der Waals surface area contributed by atoms with E-state index in [0.29, 0.717) is 22.9 Å². The van der Waals surface area contributed by atoms with Crippen LogP contribution in [0.4, 0.5) is 5.69 Å². The van der Waals surface area contributed by atoms with Crippen molar-refractivity contribution >= 4 is 17.3 Å². The highest BCUT2D eigenvalue weighted by atomic mass is 35.5. The summed E-state index contributed by atoms with van der Waals surface area (Å²) in [7, 11) is 0. The monoisotopic (exact) mass is 277 g/mol. The number of rotatable bonds is 4. The first kappa shape index (κ1) is 13.4. The summed E-state index contributed by atoms with van der Waals surface area (Å²) in [5.41, 5.74) is 1.48. The minimum absolute atomic E-state index is 0.0472. The summed E-state index contributed by atoms with van der Waals surface area (Å²) in [6.45, 7) is 1.67. The largest absolute Gasteiger partial charge is 0.457 e. The van der Waals surface area contributed by atoms with E-state index in [1.165, 1.54) is 6.07 Å². The van der Waals surface area contributed by atoms with Gasteiger partial charge in [0.2, 0.25) is 0 Å². The van der Waals surface area contributed by atoms with Crippen LogP contribution < -0.4 is 4.74 Å². The standard InChI is InChI=1S/C14H12ClNO3/c1-10-13(16(17)18)6-3-7-14(10)19-12-5-2-4-11(8-12)9-15/h2-8H,9H2,1H3. The van der Waals surface area contributed by atoms with Gasteiger partial charge in [-0.2, -0.15) is 0 Å². The minimum atomic E-state index is -0.419. The molecule has 0 radical (unpaired) electrons. The highest BCUT2D eigenvalue weighted by Gasteiger charge is 2.14. The Labute approximate surface area is 115 Å². The summed E-state index contributed by atoms with van der Waals surface area (Å²) >= 11 is 5.76. The number of alkyl halides is 1. The van der Waals surface area contributed by atoms with Gasteiger partial charge in [-0.25, -0.2) is 0 Å². The Morgan fingerprint density at radius 2 is 2.00 bits per heavy atom. The van der Waals surface area contributed by atoms with Crippen LogP contribution in [0.15, 0.2) is 42.5 Å². The smallest absolute Gasteiger partial charge is 0.276 e. The van der Waals surface area contributed by atoms with Crippen LogP contribution in [0.1, 0.15) is 11.1 Å². The molecule has 0 fully saturated rings. The molecule has 0 atom stereocenters. The number of halogens is 1. The van der Waals surface area contributed by atoms with Crippen molar-refractivity contribution in [1.29, 1.82) is 0 Å². The molecular weight excluding hydrogens is 266 g/mol. The van der Waals surface area contributed by atoms with E-state index in [9.17, 15) is 10.1 Å². The second-order valence-corrected chi connectivity index (χ2v) is 4.31. The molecular formula is C14H12ClNO3. The zero-order chi connectivity index (χ0) is 13.8. The summed E-state index contributed by atoms with van der Waals surface area (Å²) in [6, 6.07) is 12.1. The van der Waals surface area contributed by atoms with E-state index >= 15 is 0 Å². The van der Waals surface area contributed by atoms with Gasteiger partial charge >= 0.3 is 0 Å². The lowest BCUT2D eigenvalue weighted by molar-refractivity contribution is -0.385. The lowest BCUT2D eigenvalue weighted by atomic mass is 10.2. The van der Waals surface area contributed by atoms with Crippen molar-refractivity contribution in [3.8, 4) is 11.5 Å². The van der Waals surface area contributed by atoms with Crippen LogP contribution in [0, 0.1) is 17.0 Å². The quantitative estimate of drug-likeness (QED) is 0.472. The Morgan fingerprint density at radius 3 is 2.68 bits per heavy atom. The van der Waals surface area contributed by atoms with Crippen molar-refractivity contribution in [2.24, 2.45) is 0 Å². The Hall–Kier alpha value is -2.07. The average Bonchev–Trinajstić information content (AvgIpc) is 2.41. The minimum Gasteiger partial charge on any atom is -0.457 e. The zero-order valence-electron chi connectivity index (χ0n) is 10.3. The van der Waals surface area contributed by atoms with E-state index in [4.69, 9.17) is 16.3 Å². The second kappa shape index (κ2) is 5.71. The number of hydrogen-bond donors (Lipinski definition) is 0. The van der Waals surface area contributed by atoms with Gasteiger partial charge in [0.05, 0.1) is 10.5 Å². The van der Waals surface area contributed by atoms with E-state index in [1.807, 2.05) is 18.2 Å². The second-order valence-electron chi connectivity index (χ2n) is 4.04. The Kier molecular flexibility index (Phi) is 4.02. The molecule has 0 aliphatic carbocycles. The normalized spacial score (nSPS) is 10.2. The van der Waals surface area contributed by atoms with Crippen molar-refractivity contribution < 1.29 is 9.66 Å². The van der Waals surface area contributed by atoms with Gasteiger partial charge in [-0.3, -0.25) is 10.1 Å². The number of nitrogens with zero attached hydrogens (tertiary/aromatic N) is 1.